The molecule has 3 aromatic carbocycles. The molecule has 1 heterocycles. The van der Waals surface area contributed by atoms with Crippen molar-refractivity contribution in [2.75, 3.05) is 16.4 Å². The van der Waals surface area contributed by atoms with Crippen LogP contribution < -0.4 is 16.1 Å². The predicted octanol–water partition coefficient (Wildman–Crippen LogP) is 5.09. The fourth-order valence-corrected chi connectivity index (χ4v) is 5.38. The van der Waals surface area contributed by atoms with Crippen molar-refractivity contribution in [3.05, 3.63) is 89.5 Å². The number of thioether (sulfide) groups is 1. The summed E-state index contributed by atoms with van der Waals surface area (Å²) in [6.45, 7) is 1.45. The van der Waals surface area contributed by atoms with E-state index in [4.69, 9.17) is 14.7 Å². The molecule has 222 valence electrons. The van der Waals surface area contributed by atoms with E-state index < -0.39 is 12.2 Å². The van der Waals surface area contributed by atoms with Crippen LogP contribution in [0.1, 0.15) is 61.7 Å². The standard InChI is InChI=1S/C31H35N3O7S/c1-20(36)32-24-13-15-27(16-14-24)42-19-26-17-28(22-7-5-21(18-35)6-8-22)41-31(40-26)23-9-11-25(12-10-23)33-29(37)3-2-4-30(38)34-39/h5-16,26,28,31,35,39H,2-4,17-19H2,1H3,(H,32,36)(H,33,37)(H,34,38). The minimum Gasteiger partial charge on any atom is -0.392 e. The molecule has 1 fully saturated rings. The van der Waals surface area contributed by atoms with Crippen molar-refractivity contribution in [3.8, 4) is 0 Å². The molecule has 0 spiro atoms. The molecule has 1 aliphatic heterocycles. The molecule has 1 saturated heterocycles. The number of nitrogens with one attached hydrogen (secondary N) is 3. The number of hydrogen-bond acceptors (Lipinski definition) is 8. The van der Waals surface area contributed by atoms with Crippen LogP contribution in [0.4, 0.5) is 11.4 Å². The zero-order chi connectivity index (χ0) is 29.9. The van der Waals surface area contributed by atoms with Crippen molar-refractivity contribution in [1.82, 2.24) is 5.48 Å². The van der Waals surface area contributed by atoms with Gasteiger partial charge in [-0.15, -0.1) is 11.8 Å². The maximum atomic E-state index is 12.2. The monoisotopic (exact) mass is 593 g/mol. The quantitative estimate of drug-likeness (QED) is 0.111. The van der Waals surface area contributed by atoms with E-state index in [9.17, 15) is 19.5 Å². The second-order valence-corrected chi connectivity index (χ2v) is 11.0. The lowest BCUT2D eigenvalue weighted by molar-refractivity contribution is -0.245. The Morgan fingerprint density at radius 3 is 2.10 bits per heavy atom. The Kier molecular flexibility index (Phi) is 11.5. The molecule has 10 nitrogen and oxygen atoms in total. The Bertz CT molecular complexity index is 1330. The lowest BCUT2D eigenvalue weighted by Gasteiger charge is -2.36. The van der Waals surface area contributed by atoms with Gasteiger partial charge in [0.15, 0.2) is 6.29 Å². The number of ether oxygens (including phenoxy) is 2. The number of carbonyl (C=O) groups is 3. The van der Waals surface area contributed by atoms with Crippen LogP contribution >= 0.6 is 11.8 Å². The molecular weight excluding hydrogens is 558 g/mol. The molecule has 0 bridgehead atoms. The van der Waals surface area contributed by atoms with Crippen molar-refractivity contribution in [2.45, 2.75) is 62.6 Å². The van der Waals surface area contributed by atoms with Gasteiger partial charge in [-0.25, -0.2) is 5.48 Å². The number of aliphatic hydroxyl groups is 1. The number of hydrogen-bond donors (Lipinski definition) is 5. The molecule has 0 radical (unpaired) electrons. The third-order valence-electron chi connectivity index (χ3n) is 6.62. The van der Waals surface area contributed by atoms with Gasteiger partial charge in [-0.05, 0) is 53.9 Å². The van der Waals surface area contributed by atoms with Gasteiger partial charge in [-0.2, -0.15) is 0 Å². The number of anilines is 2. The second-order valence-electron chi connectivity index (χ2n) is 9.93. The zero-order valence-electron chi connectivity index (χ0n) is 23.2. The normalized spacial score (nSPS) is 18.2. The lowest BCUT2D eigenvalue weighted by Crippen LogP contribution is -2.31. The van der Waals surface area contributed by atoms with Crippen molar-refractivity contribution < 1.29 is 34.2 Å². The van der Waals surface area contributed by atoms with Gasteiger partial charge in [0.2, 0.25) is 17.7 Å². The van der Waals surface area contributed by atoms with Crippen LogP contribution in [-0.2, 0) is 30.5 Å². The fourth-order valence-electron chi connectivity index (χ4n) is 4.46. The second kappa shape index (κ2) is 15.5. The first kappa shape index (κ1) is 31.2. The third-order valence-corrected chi connectivity index (χ3v) is 7.77. The number of aliphatic hydroxyl groups excluding tert-OH is 1. The van der Waals surface area contributed by atoms with E-state index in [1.165, 1.54) is 6.92 Å². The third kappa shape index (κ3) is 9.40. The summed E-state index contributed by atoms with van der Waals surface area (Å²) < 4.78 is 12.8. The van der Waals surface area contributed by atoms with Gasteiger partial charge < -0.3 is 25.2 Å². The molecule has 3 atom stereocenters. The van der Waals surface area contributed by atoms with E-state index in [2.05, 4.69) is 10.6 Å². The van der Waals surface area contributed by atoms with Gasteiger partial charge >= 0.3 is 0 Å². The summed E-state index contributed by atoms with van der Waals surface area (Å²) in [5, 5.41) is 23.6. The first-order valence-electron chi connectivity index (χ1n) is 13.7. The summed E-state index contributed by atoms with van der Waals surface area (Å²) in [5.41, 5.74) is 5.53. The Morgan fingerprint density at radius 2 is 1.45 bits per heavy atom. The zero-order valence-corrected chi connectivity index (χ0v) is 24.1. The summed E-state index contributed by atoms with van der Waals surface area (Å²) in [6, 6.07) is 22.6. The maximum Gasteiger partial charge on any atom is 0.243 e. The van der Waals surface area contributed by atoms with Crippen LogP contribution in [0.3, 0.4) is 0 Å². The highest BCUT2D eigenvalue weighted by molar-refractivity contribution is 7.99. The molecule has 3 unspecified atom stereocenters. The molecule has 0 aromatic heterocycles. The van der Waals surface area contributed by atoms with Crippen molar-refractivity contribution in [3.63, 3.8) is 0 Å². The molecule has 0 aliphatic carbocycles. The minimum atomic E-state index is -0.629. The fraction of sp³-hybridized carbons (Fsp3) is 0.323. The van der Waals surface area contributed by atoms with Crippen LogP contribution in [0.15, 0.2) is 77.7 Å². The number of amides is 3. The van der Waals surface area contributed by atoms with E-state index in [0.29, 0.717) is 24.3 Å². The molecule has 1 aliphatic rings. The predicted molar refractivity (Wildman–Crippen MR) is 159 cm³/mol. The molecule has 11 heteroatoms. The largest absolute Gasteiger partial charge is 0.392 e. The van der Waals surface area contributed by atoms with Gasteiger partial charge in [0.1, 0.15) is 0 Å². The van der Waals surface area contributed by atoms with Crippen LogP contribution in [0.5, 0.6) is 0 Å². The molecule has 42 heavy (non-hydrogen) atoms. The minimum absolute atomic E-state index is 0.0294. The Hall–Kier alpha value is -3.74. The van der Waals surface area contributed by atoms with Crippen LogP contribution in [-0.4, -0.2) is 39.9 Å². The van der Waals surface area contributed by atoms with E-state index >= 15 is 0 Å². The first-order valence-corrected chi connectivity index (χ1v) is 14.7. The molecular formula is C31H35N3O7S. The van der Waals surface area contributed by atoms with Crippen LogP contribution in [0.25, 0.3) is 0 Å². The summed E-state index contributed by atoms with van der Waals surface area (Å²) in [5.74, 6) is -0.186. The van der Waals surface area contributed by atoms with Crippen molar-refractivity contribution >= 4 is 40.9 Å². The van der Waals surface area contributed by atoms with Gasteiger partial charge in [0.05, 0.1) is 18.8 Å². The molecule has 5 N–H and O–H groups in total. The van der Waals surface area contributed by atoms with Gasteiger partial charge in [0, 0.05) is 53.8 Å². The maximum absolute atomic E-state index is 12.2. The van der Waals surface area contributed by atoms with E-state index in [1.54, 1.807) is 29.4 Å². The summed E-state index contributed by atoms with van der Waals surface area (Å²) >= 11 is 1.66. The average Bonchev–Trinajstić information content (AvgIpc) is 3.00. The highest BCUT2D eigenvalue weighted by Crippen LogP contribution is 2.39. The molecule has 0 saturated carbocycles. The van der Waals surface area contributed by atoms with Crippen LogP contribution in [0.2, 0.25) is 0 Å². The summed E-state index contributed by atoms with van der Waals surface area (Å²) in [6.07, 6.45) is 0.201. The number of carbonyl (C=O) groups excluding carboxylic acids is 3. The van der Waals surface area contributed by atoms with Crippen LogP contribution in [0, 0.1) is 0 Å². The van der Waals surface area contributed by atoms with Gasteiger partial charge in [0.25, 0.3) is 0 Å². The van der Waals surface area contributed by atoms with E-state index in [-0.39, 0.29) is 43.5 Å². The smallest absolute Gasteiger partial charge is 0.243 e. The van der Waals surface area contributed by atoms with Gasteiger partial charge in [-0.3, -0.25) is 19.6 Å². The lowest BCUT2D eigenvalue weighted by atomic mass is 10.0. The highest BCUT2D eigenvalue weighted by Gasteiger charge is 2.32. The Balaban J connectivity index is 1.41. The highest BCUT2D eigenvalue weighted by atomic mass is 32.2. The first-order chi connectivity index (χ1) is 20.3. The molecule has 3 aromatic rings. The van der Waals surface area contributed by atoms with Gasteiger partial charge in [-0.1, -0.05) is 36.4 Å². The van der Waals surface area contributed by atoms with E-state index in [1.807, 2.05) is 60.7 Å². The number of benzene rings is 3. The number of rotatable bonds is 12. The summed E-state index contributed by atoms with van der Waals surface area (Å²) in [4.78, 5) is 35.7. The topological polar surface area (TPSA) is 146 Å². The van der Waals surface area contributed by atoms with Crippen molar-refractivity contribution in [2.24, 2.45) is 0 Å². The number of hydroxylamine groups is 1. The SMILES string of the molecule is CC(=O)Nc1ccc(SCC2CC(c3ccc(CO)cc3)OC(c3ccc(NC(=O)CCCC(=O)NO)cc3)O2)cc1. The molecule has 4 rings (SSSR count). The Labute approximate surface area is 248 Å². The van der Waals surface area contributed by atoms with E-state index in [0.717, 1.165) is 27.3 Å². The average molecular weight is 594 g/mol. The molecule has 3 amide bonds. The Morgan fingerprint density at radius 1 is 0.833 bits per heavy atom. The summed E-state index contributed by atoms with van der Waals surface area (Å²) in [7, 11) is 0. The van der Waals surface area contributed by atoms with Crippen molar-refractivity contribution in [1.29, 1.82) is 0 Å².